The third-order valence-electron chi connectivity index (χ3n) is 1.78. The molecule has 0 saturated carbocycles. The average Bonchev–Trinajstić information content (AvgIpc) is 2.34. The van der Waals surface area contributed by atoms with E-state index in [0.29, 0.717) is 38.4 Å². The van der Waals surface area contributed by atoms with Crippen LogP contribution in [0.4, 0.5) is 0 Å². The summed E-state index contributed by atoms with van der Waals surface area (Å²) >= 11 is 0. The molecule has 0 unspecified atom stereocenters. The molecule has 17 heavy (non-hydrogen) atoms. The number of carbonyl (C=O) groups is 1. The van der Waals surface area contributed by atoms with Crippen LogP contribution in [-0.2, 0) is 23.7 Å². The zero-order valence-corrected chi connectivity index (χ0v) is 10.3. The maximum Gasteiger partial charge on any atom is 0.335 e. The van der Waals surface area contributed by atoms with Crippen molar-refractivity contribution in [1.29, 1.82) is 0 Å². The quantitative estimate of drug-likeness (QED) is 0.180. The van der Waals surface area contributed by atoms with Crippen molar-refractivity contribution in [3.8, 4) is 0 Å². The lowest BCUT2D eigenvalue weighted by Gasteiger charge is -2.07. The number of carbonyl (C=O) groups excluding carboxylic acids is 1. The van der Waals surface area contributed by atoms with Crippen LogP contribution in [0.15, 0.2) is 24.8 Å². The van der Waals surface area contributed by atoms with E-state index in [9.17, 15) is 4.79 Å². The third-order valence-corrected chi connectivity index (χ3v) is 1.78. The van der Waals surface area contributed by atoms with Gasteiger partial charge in [0.2, 0.25) is 0 Å². The molecule has 0 bridgehead atoms. The molecule has 0 aliphatic heterocycles. The van der Waals surface area contributed by atoms with Crippen molar-refractivity contribution < 1.29 is 23.7 Å². The Hall–Kier alpha value is -1.17. The Bertz CT molecular complexity index is 237. The molecule has 0 fully saturated rings. The largest absolute Gasteiger partial charge is 0.435 e. The van der Waals surface area contributed by atoms with E-state index in [1.54, 1.807) is 13.2 Å². The first-order chi connectivity index (χ1) is 8.22. The van der Waals surface area contributed by atoms with Gasteiger partial charge in [-0.05, 0) is 0 Å². The predicted octanol–water partition coefficient (Wildman–Crippen LogP) is 1.30. The van der Waals surface area contributed by atoms with Gasteiger partial charge in [0.15, 0.2) is 6.79 Å². The van der Waals surface area contributed by atoms with Gasteiger partial charge in [-0.3, -0.25) is 0 Å². The summed E-state index contributed by atoms with van der Waals surface area (Å²) in [5.41, 5.74) is 0.365. The smallest absolute Gasteiger partial charge is 0.335 e. The van der Waals surface area contributed by atoms with E-state index in [2.05, 4.69) is 13.2 Å². The van der Waals surface area contributed by atoms with Crippen LogP contribution in [0.1, 0.15) is 6.42 Å². The molecule has 0 spiro atoms. The average molecular weight is 244 g/mol. The molecule has 0 aliphatic rings. The number of esters is 1. The first kappa shape index (κ1) is 15.8. The van der Waals surface area contributed by atoms with E-state index in [1.807, 2.05) is 0 Å². The SMILES string of the molecule is C=CCOCOC(=O)C(=C)CCOCCOC. The normalized spacial score (nSPS) is 9.94. The van der Waals surface area contributed by atoms with Gasteiger partial charge >= 0.3 is 5.97 Å². The lowest BCUT2D eigenvalue weighted by atomic mass is 10.2. The van der Waals surface area contributed by atoms with Crippen molar-refractivity contribution in [3.63, 3.8) is 0 Å². The molecule has 5 nitrogen and oxygen atoms in total. The fourth-order valence-electron chi connectivity index (χ4n) is 0.870. The molecule has 0 aliphatic carbocycles. The summed E-state index contributed by atoms with van der Waals surface area (Å²) in [4.78, 5) is 11.3. The monoisotopic (exact) mass is 244 g/mol. The Morgan fingerprint density at radius 2 is 2.00 bits per heavy atom. The van der Waals surface area contributed by atoms with Gasteiger partial charge in [0, 0.05) is 19.1 Å². The van der Waals surface area contributed by atoms with Crippen molar-refractivity contribution >= 4 is 5.97 Å². The summed E-state index contributed by atoms with van der Waals surface area (Å²) in [6, 6.07) is 0. The molecule has 0 aromatic carbocycles. The topological polar surface area (TPSA) is 54.0 Å². The molecular weight excluding hydrogens is 224 g/mol. The molecule has 0 heterocycles. The van der Waals surface area contributed by atoms with E-state index in [1.165, 1.54) is 0 Å². The second kappa shape index (κ2) is 11.3. The van der Waals surface area contributed by atoms with Gasteiger partial charge in [0.25, 0.3) is 0 Å². The second-order valence-electron chi connectivity index (χ2n) is 3.17. The van der Waals surface area contributed by atoms with Crippen molar-refractivity contribution in [3.05, 3.63) is 24.8 Å². The number of rotatable bonds is 11. The highest BCUT2D eigenvalue weighted by Gasteiger charge is 2.07. The Labute approximate surface area is 102 Å². The first-order valence-electron chi connectivity index (χ1n) is 5.32. The number of methoxy groups -OCH3 is 1. The van der Waals surface area contributed by atoms with Crippen molar-refractivity contribution in [2.75, 3.05) is 40.3 Å². The first-order valence-corrected chi connectivity index (χ1v) is 5.32. The van der Waals surface area contributed by atoms with Crippen LogP contribution in [0.3, 0.4) is 0 Å². The molecule has 0 radical (unpaired) electrons. The minimum absolute atomic E-state index is 0.0889. The van der Waals surface area contributed by atoms with Crippen LogP contribution in [0.2, 0.25) is 0 Å². The van der Waals surface area contributed by atoms with Crippen LogP contribution in [-0.4, -0.2) is 46.3 Å². The molecule has 0 N–H and O–H groups in total. The van der Waals surface area contributed by atoms with Gasteiger partial charge in [-0.25, -0.2) is 4.79 Å². The van der Waals surface area contributed by atoms with E-state index < -0.39 is 5.97 Å². The van der Waals surface area contributed by atoms with Gasteiger partial charge in [-0.2, -0.15) is 0 Å². The molecule has 0 rings (SSSR count). The van der Waals surface area contributed by atoms with Gasteiger partial charge in [-0.1, -0.05) is 12.7 Å². The standard InChI is InChI=1S/C12H20O5/c1-4-6-16-10-17-12(13)11(2)5-7-15-9-8-14-3/h4H,1-2,5-10H2,3H3. The Morgan fingerprint density at radius 1 is 1.24 bits per heavy atom. The molecule has 98 valence electrons. The van der Waals surface area contributed by atoms with Crippen LogP contribution in [0.5, 0.6) is 0 Å². The highest BCUT2D eigenvalue weighted by Crippen LogP contribution is 2.01. The van der Waals surface area contributed by atoms with Crippen LogP contribution in [0.25, 0.3) is 0 Å². The fraction of sp³-hybridized carbons (Fsp3) is 0.583. The molecule has 0 aromatic heterocycles. The Morgan fingerprint density at radius 3 is 2.65 bits per heavy atom. The molecule has 0 amide bonds. The minimum atomic E-state index is -0.468. The van der Waals surface area contributed by atoms with Crippen LogP contribution < -0.4 is 0 Å². The lowest BCUT2D eigenvalue weighted by molar-refractivity contribution is -0.150. The van der Waals surface area contributed by atoms with Crippen molar-refractivity contribution in [1.82, 2.24) is 0 Å². The molecular formula is C12H20O5. The third kappa shape index (κ3) is 9.74. The van der Waals surface area contributed by atoms with Crippen molar-refractivity contribution in [2.24, 2.45) is 0 Å². The summed E-state index contributed by atoms with van der Waals surface area (Å²) in [6.45, 7) is 8.79. The maximum atomic E-state index is 11.3. The number of ether oxygens (including phenoxy) is 4. The summed E-state index contributed by atoms with van der Waals surface area (Å²) in [5, 5.41) is 0. The fourth-order valence-corrected chi connectivity index (χ4v) is 0.870. The Kier molecular flexibility index (Phi) is 10.5. The molecule has 0 aromatic rings. The highest BCUT2D eigenvalue weighted by atomic mass is 16.7. The van der Waals surface area contributed by atoms with Crippen molar-refractivity contribution in [2.45, 2.75) is 6.42 Å². The zero-order chi connectivity index (χ0) is 12.9. The van der Waals surface area contributed by atoms with Gasteiger partial charge in [-0.15, -0.1) is 6.58 Å². The van der Waals surface area contributed by atoms with Crippen LogP contribution in [0, 0.1) is 0 Å². The number of hydrogen-bond acceptors (Lipinski definition) is 5. The van der Waals surface area contributed by atoms with Gasteiger partial charge in [0.05, 0.1) is 26.4 Å². The lowest BCUT2D eigenvalue weighted by Crippen LogP contribution is -2.12. The zero-order valence-electron chi connectivity index (χ0n) is 10.3. The number of hydrogen-bond donors (Lipinski definition) is 0. The maximum absolute atomic E-state index is 11.3. The van der Waals surface area contributed by atoms with Crippen LogP contribution >= 0.6 is 0 Å². The van der Waals surface area contributed by atoms with E-state index in [4.69, 9.17) is 18.9 Å². The summed E-state index contributed by atoms with van der Waals surface area (Å²) in [5.74, 6) is -0.468. The minimum Gasteiger partial charge on any atom is -0.435 e. The Balaban J connectivity index is 3.47. The summed E-state index contributed by atoms with van der Waals surface area (Å²) in [6.07, 6.45) is 2.01. The van der Waals surface area contributed by atoms with Gasteiger partial charge < -0.3 is 18.9 Å². The van der Waals surface area contributed by atoms with E-state index >= 15 is 0 Å². The summed E-state index contributed by atoms with van der Waals surface area (Å²) in [7, 11) is 1.60. The van der Waals surface area contributed by atoms with E-state index in [0.717, 1.165) is 0 Å². The van der Waals surface area contributed by atoms with E-state index in [-0.39, 0.29) is 6.79 Å². The highest BCUT2D eigenvalue weighted by molar-refractivity contribution is 5.87. The van der Waals surface area contributed by atoms with Gasteiger partial charge in [0.1, 0.15) is 0 Å². The molecule has 5 heteroatoms. The second-order valence-corrected chi connectivity index (χ2v) is 3.17. The molecule has 0 atom stereocenters. The molecule has 0 saturated heterocycles. The predicted molar refractivity (Wildman–Crippen MR) is 63.6 cm³/mol. The summed E-state index contributed by atoms with van der Waals surface area (Å²) < 4.78 is 19.7.